The SMILES string of the molecule is Cc1ccc2oc3cc(Cl)c(Cl)cc3c2c1. The Morgan fingerprint density at radius 2 is 1.56 bits per heavy atom. The maximum absolute atomic E-state index is 6.01. The minimum atomic E-state index is 0.518. The lowest BCUT2D eigenvalue weighted by Gasteiger charge is -1.95. The highest BCUT2D eigenvalue weighted by molar-refractivity contribution is 6.43. The molecule has 0 amide bonds. The van der Waals surface area contributed by atoms with Gasteiger partial charge in [-0.3, -0.25) is 0 Å². The smallest absolute Gasteiger partial charge is 0.137 e. The largest absolute Gasteiger partial charge is 0.456 e. The molecular weight excluding hydrogens is 243 g/mol. The predicted octanol–water partition coefficient (Wildman–Crippen LogP) is 5.20. The number of rotatable bonds is 0. The fourth-order valence-electron chi connectivity index (χ4n) is 1.89. The van der Waals surface area contributed by atoms with Crippen LogP contribution in [0.3, 0.4) is 0 Å². The van der Waals surface area contributed by atoms with Gasteiger partial charge in [0.2, 0.25) is 0 Å². The summed E-state index contributed by atoms with van der Waals surface area (Å²) in [5.74, 6) is 0. The molecule has 0 aliphatic rings. The van der Waals surface area contributed by atoms with Crippen molar-refractivity contribution in [1.82, 2.24) is 0 Å². The van der Waals surface area contributed by atoms with Crippen LogP contribution in [0.15, 0.2) is 34.7 Å². The molecule has 3 heteroatoms. The molecule has 0 atom stereocenters. The molecule has 0 N–H and O–H groups in total. The third kappa shape index (κ3) is 1.40. The Labute approximate surface area is 103 Å². The molecule has 0 aliphatic heterocycles. The molecule has 0 saturated heterocycles. The summed E-state index contributed by atoms with van der Waals surface area (Å²) in [5.41, 5.74) is 2.83. The summed E-state index contributed by atoms with van der Waals surface area (Å²) in [7, 11) is 0. The maximum Gasteiger partial charge on any atom is 0.137 e. The van der Waals surface area contributed by atoms with Gasteiger partial charge in [-0.15, -0.1) is 0 Å². The van der Waals surface area contributed by atoms with Gasteiger partial charge in [-0.25, -0.2) is 0 Å². The lowest BCUT2D eigenvalue weighted by atomic mass is 10.1. The molecule has 0 fully saturated rings. The molecule has 0 unspecified atom stereocenters. The van der Waals surface area contributed by atoms with Crippen molar-refractivity contribution in [2.75, 3.05) is 0 Å². The molecule has 2 aromatic carbocycles. The number of furan rings is 1. The molecular formula is C13H8Cl2O. The van der Waals surface area contributed by atoms with E-state index in [1.165, 1.54) is 5.56 Å². The lowest BCUT2D eigenvalue weighted by Crippen LogP contribution is -1.72. The van der Waals surface area contributed by atoms with E-state index < -0.39 is 0 Å². The molecule has 0 spiro atoms. The van der Waals surface area contributed by atoms with Crippen LogP contribution in [0.4, 0.5) is 0 Å². The summed E-state index contributed by atoms with van der Waals surface area (Å²) in [6.07, 6.45) is 0. The minimum absolute atomic E-state index is 0.518. The zero-order chi connectivity index (χ0) is 11.3. The summed E-state index contributed by atoms with van der Waals surface area (Å²) < 4.78 is 5.70. The number of benzene rings is 2. The van der Waals surface area contributed by atoms with E-state index in [1.54, 1.807) is 6.07 Å². The van der Waals surface area contributed by atoms with E-state index >= 15 is 0 Å². The number of aryl methyl sites for hydroxylation is 1. The van der Waals surface area contributed by atoms with Crippen molar-refractivity contribution in [3.63, 3.8) is 0 Å². The fraction of sp³-hybridized carbons (Fsp3) is 0.0769. The molecule has 0 aliphatic carbocycles. The van der Waals surface area contributed by atoms with Gasteiger partial charge in [0.1, 0.15) is 11.2 Å². The molecule has 0 bridgehead atoms. The van der Waals surface area contributed by atoms with Gasteiger partial charge >= 0.3 is 0 Å². The molecule has 0 radical (unpaired) electrons. The second kappa shape index (κ2) is 3.41. The lowest BCUT2D eigenvalue weighted by molar-refractivity contribution is 0.669. The van der Waals surface area contributed by atoms with E-state index in [1.807, 2.05) is 18.2 Å². The van der Waals surface area contributed by atoms with Crippen molar-refractivity contribution in [3.8, 4) is 0 Å². The first kappa shape index (κ1) is 10.0. The zero-order valence-corrected chi connectivity index (χ0v) is 10.1. The zero-order valence-electron chi connectivity index (χ0n) is 8.55. The van der Waals surface area contributed by atoms with Gasteiger partial charge < -0.3 is 4.42 Å². The fourth-order valence-corrected chi connectivity index (χ4v) is 2.20. The average Bonchev–Trinajstić information content (AvgIpc) is 2.57. The molecule has 16 heavy (non-hydrogen) atoms. The van der Waals surface area contributed by atoms with Crippen molar-refractivity contribution in [2.45, 2.75) is 6.92 Å². The minimum Gasteiger partial charge on any atom is -0.456 e. The number of fused-ring (bicyclic) bond motifs is 3. The summed E-state index contributed by atoms with van der Waals surface area (Å²) in [5, 5.41) is 3.16. The summed E-state index contributed by atoms with van der Waals surface area (Å²) in [4.78, 5) is 0. The standard InChI is InChI=1S/C13H8Cl2O/c1-7-2-3-12-8(4-7)9-5-10(14)11(15)6-13(9)16-12/h2-6H,1H3. The van der Waals surface area contributed by atoms with Crippen molar-refractivity contribution in [1.29, 1.82) is 0 Å². The molecule has 1 aromatic heterocycles. The van der Waals surface area contributed by atoms with Crippen LogP contribution in [0.5, 0.6) is 0 Å². The maximum atomic E-state index is 6.01. The van der Waals surface area contributed by atoms with Crippen LogP contribution >= 0.6 is 23.2 Å². The van der Waals surface area contributed by atoms with E-state index in [-0.39, 0.29) is 0 Å². The molecule has 1 nitrogen and oxygen atoms in total. The highest BCUT2D eigenvalue weighted by atomic mass is 35.5. The Kier molecular flexibility index (Phi) is 2.13. The van der Waals surface area contributed by atoms with Gasteiger partial charge in [0, 0.05) is 16.8 Å². The van der Waals surface area contributed by atoms with Gasteiger partial charge in [-0.1, -0.05) is 34.8 Å². The summed E-state index contributed by atoms with van der Waals surface area (Å²) >= 11 is 12.0. The van der Waals surface area contributed by atoms with Crippen molar-refractivity contribution in [3.05, 3.63) is 45.9 Å². The third-order valence-electron chi connectivity index (χ3n) is 2.67. The van der Waals surface area contributed by atoms with E-state index in [0.717, 1.165) is 21.9 Å². The van der Waals surface area contributed by atoms with Gasteiger partial charge in [0.25, 0.3) is 0 Å². The van der Waals surface area contributed by atoms with Gasteiger partial charge in [0.05, 0.1) is 10.0 Å². The Hall–Kier alpha value is -1.18. The normalized spacial score (nSPS) is 11.4. The second-order valence-electron chi connectivity index (χ2n) is 3.86. The van der Waals surface area contributed by atoms with Gasteiger partial charge in [-0.2, -0.15) is 0 Å². The Bertz CT molecular complexity index is 698. The summed E-state index contributed by atoms with van der Waals surface area (Å²) in [6.45, 7) is 2.05. The second-order valence-corrected chi connectivity index (χ2v) is 4.68. The predicted molar refractivity (Wildman–Crippen MR) is 68.5 cm³/mol. The van der Waals surface area contributed by atoms with E-state index in [4.69, 9.17) is 27.6 Å². The number of halogens is 2. The van der Waals surface area contributed by atoms with Crippen LogP contribution in [-0.4, -0.2) is 0 Å². The van der Waals surface area contributed by atoms with Crippen molar-refractivity contribution in [2.24, 2.45) is 0 Å². The first-order chi connectivity index (χ1) is 7.65. The van der Waals surface area contributed by atoms with Gasteiger partial charge in [-0.05, 0) is 25.1 Å². The topological polar surface area (TPSA) is 13.1 Å². The highest BCUT2D eigenvalue weighted by Gasteiger charge is 2.09. The monoisotopic (exact) mass is 250 g/mol. The van der Waals surface area contributed by atoms with Crippen LogP contribution in [0, 0.1) is 6.92 Å². The average molecular weight is 251 g/mol. The molecule has 3 aromatic rings. The summed E-state index contributed by atoms with van der Waals surface area (Å²) in [6, 6.07) is 9.69. The van der Waals surface area contributed by atoms with E-state index in [9.17, 15) is 0 Å². The van der Waals surface area contributed by atoms with Crippen LogP contribution in [0.2, 0.25) is 10.0 Å². The number of hydrogen-bond acceptors (Lipinski definition) is 1. The quantitative estimate of drug-likeness (QED) is 0.535. The first-order valence-electron chi connectivity index (χ1n) is 4.93. The van der Waals surface area contributed by atoms with Crippen LogP contribution in [0.25, 0.3) is 21.9 Å². The number of hydrogen-bond donors (Lipinski definition) is 0. The molecule has 3 rings (SSSR count). The Balaban J connectivity index is 2.53. The van der Waals surface area contributed by atoms with Crippen LogP contribution < -0.4 is 0 Å². The molecule has 80 valence electrons. The van der Waals surface area contributed by atoms with Crippen LogP contribution in [0.1, 0.15) is 5.56 Å². The molecule has 0 saturated carbocycles. The Morgan fingerprint density at radius 1 is 0.875 bits per heavy atom. The van der Waals surface area contributed by atoms with Gasteiger partial charge in [0.15, 0.2) is 0 Å². The van der Waals surface area contributed by atoms with Crippen molar-refractivity contribution < 1.29 is 4.42 Å². The van der Waals surface area contributed by atoms with Crippen molar-refractivity contribution >= 4 is 45.1 Å². The Morgan fingerprint density at radius 3 is 2.38 bits per heavy atom. The first-order valence-corrected chi connectivity index (χ1v) is 5.68. The third-order valence-corrected chi connectivity index (χ3v) is 3.39. The molecule has 1 heterocycles. The van der Waals surface area contributed by atoms with E-state index in [0.29, 0.717) is 10.0 Å². The van der Waals surface area contributed by atoms with Crippen LogP contribution in [-0.2, 0) is 0 Å². The highest BCUT2D eigenvalue weighted by Crippen LogP contribution is 2.34. The van der Waals surface area contributed by atoms with E-state index in [2.05, 4.69) is 13.0 Å².